The van der Waals surface area contributed by atoms with Crippen molar-refractivity contribution in [3.05, 3.63) is 29.8 Å². The van der Waals surface area contributed by atoms with E-state index in [-0.39, 0.29) is 5.91 Å². The van der Waals surface area contributed by atoms with Crippen molar-refractivity contribution in [2.24, 2.45) is 0 Å². The number of rotatable bonds is 5. The van der Waals surface area contributed by atoms with Crippen molar-refractivity contribution in [1.29, 1.82) is 0 Å². The molecule has 1 amide bonds. The van der Waals surface area contributed by atoms with E-state index in [0.717, 1.165) is 0 Å². The number of hydrogen-bond donors (Lipinski definition) is 1. The van der Waals surface area contributed by atoms with E-state index in [2.05, 4.69) is 0 Å². The molecule has 0 spiro atoms. The number of carbonyl (C=O) groups is 2. The third-order valence-electron chi connectivity index (χ3n) is 3.08. The summed E-state index contributed by atoms with van der Waals surface area (Å²) in [7, 11) is 1.47. The molecule has 5 heteroatoms. The Bertz CT molecular complexity index is 482. The molecule has 0 radical (unpaired) electrons. The molecule has 5 nitrogen and oxygen atoms in total. The molecule has 0 fully saturated rings. The average molecular weight is 265 g/mol. The summed E-state index contributed by atoms with van der Waals surface area (Å²) < 4.78 is 5.39. The van der Waals surface area contributed by atoms with E-state index in [0.29, 0.717) is 17.9 Å². The smallest absolute Gasteiger partial charge is 0.329 e. The molecule has 19 heavy (non-hydrogen) atoms. The van der Waals surface area contributed by atoms with Crippen LogP contribution in [0.3, 0.4) is 0 Å². The highest BCUT2D eigenvalue weighted by Crippen LogP contribution is 2.23. The number of carbonyl (C=O) groups excluding carboxylic acids is 1. The predicted molar refractivity (Wildman–Crippen MR) is 71.4 cm³/mol. The summed E-state index contributed by atoms with van der Waals surface area (Å²) in [5, 5.41) is 9.15. The largest absolute Gasteiger partial charge is 0.493 e. The lowest BCUT2D eigenvalue weighted by atomic mass is 10.0. The van der Waals surface area contributed by atoms with E-state index in [1.54, 1.807) is 24.3 Å². The normalized spacial score (nSPS) is 10.9. The summed E-state index contributed by atoms with van der Waals surface area (Å²) >= 11 is 0. The summed E-state index contributed by atoms with van der Waals surface area (Å²) in [5.74, 6) is -0.975. The second-order valence-electron chi connectivity index (χ2n) is 4.66. The molecular formula is C14H19NO4. The summed E-state index contributed by atoms with van der Waals surface area (Å²) in [6.45, 7) is 5.23. The summed E-state index contributed by atoms with van der Waals surface area (Å²) in [6, 6.07) is 6.81. The molecule has 0 aliphatic carbocycles. The van der Waals surface area contributed by atoms with Crippen molar-refractivity contribution in [2.45, 2.75) is 26.3 Å². The van der Waals surface area contributed by atoms with Crippen molar-refractivity contribution < 1.29 is 19.4 Å². The van der Waals surface area contributed by atoms with Crippen LogP contribution in [-0.2, 0) is 4.79 Å². The SMILES string of the molecule is CCOc1ccccc1C(=O)N(C)C(C)(C)C(=O)O. The van der Waals surface area contributed by atoms with E-state index in [1.807, 2.05) is 6.92 Å². The second-order valence-corrected chi connectivity index (χ2v) is 4.66. The van der Waals surface area contributed by atoms with E-state index < -0.39 is 11.5 Å². The molecule has 104 valence electrons. The molecule has 1 aromatic carbocycles. The van der Waals surface area contributed by atoms with Crippen LogP contribution in [0.2, 0.25) is 0 Å². The molecule has 0 saturated heterocycles. The maximum absolute atomic E-state index is 12.4. The van der Waals surface area contributed by atoms with Crippen LogP contribution in [0, 0.1) is 0 Å². The van der Waals surface area contributed by atoms with Gasteiger partial charge in [0.2, 0.25) is 0 Å². The van der Waals surface area contributed by atoms with Crippen molar-refractivity contribution in [1.82, 2.24) is 4.90 Å². The molecule has 0 atom stereocenters. The lowest BCUT2D eigenvalue weighted by Gasteiger charge is -2.31. The first-order valence-corrected chi connectivity index (χ1v) is 6.05. The molecule has 1 N–H and O–H groups in total. The zero-order valence-corrected chi connectivity index (χ0v) is 11.6. The fourth-order valence-corrected chi connectivity index (χ4v) is 1.50. The molecular weight excluding hydrogens is 246 g/mol. The predicted octanol–water partition coefficient (Wildman–Crippen LogP) is 2.02. The first kappa shape index (κ1) is 15.0. The Kier molecular flexibility index (Phi) is 4.53. The number of carboxylic acid groups (broad SMARTS) is 1. The number of para-hydroxylation sites is 1. The Morgan fingerprint density at radius 1 is 1.32 bits per heavy atom. The molecule has 0 aliphatic rings. The van der Waals surface area contributed by atoms with Gasteiger partial charge in [0.1, 0.15) is 11.3 Å². The van der Waals surface area contributed by atoms with Crippen molar-refractivity contribution in [3.8, 4) is 5.75 Å². The third-order valence-corrected chi connectivity index (χ3v) is 3.08. The third kappa shape index (κ3) is 3.05. The quantitative estimate of drug-likeness (QED) is 0.884. The van der Waals surface area contributed by atoms with Gasteiger partial charge in [0.15, 0.2) is 0 Å². The number of hydrogen-bond acceptors (Lipinski definition) is 3. The van der Waals surface area contributed by atoms with Crippen LogP contribution in [0.1, 0.15) is 31.1 Å². The van der Waals surface area contributed by atoms with Crippen LogP contribution in [-0.4, -0.2) is 41.1 Å². The Morgan fingerprint density at radius 3 is 2.42 bits per heavy atom. The average Bonchev–Trinajstić information content (AvgIpc) is 2.38. The molecule has 0 aliphatic heterocycles. The van der Waals surface area contributed by atoms with Gasteiger partial charge in [-0.25, -0.2) is 4.79 Å². The highest BCUT2D eigenvalue weighted by atomic mass is 16.5. The van der Waals surface area contributed by atoms with Gasteiger partial charge >= 0.3 is 5.97 Å². The molecule has 0 heterocycles. The Morgan fingerprint density at radius 2 is 1.89 bits per heavy atom. The van der Waals surface area contributed by atoms with Crippen LogP contribution in [0.4, 0.5) is 0 Å². The molecule has 0 saturated carbocycles. The molecule has 1 aromatic rings. The summed E-state index contributed by atoms with van der Waals surface area (Å²) in [6.07, 6.45) is 0. The van der Waals surface area contributed by atoms with Crippen molar-refractivity contribution in [3.63, 3.8) is 0 Å². The van der Waals surface area contributed by atoms with Gasteiger partial charge in [0, 0.05) is 7.05 Å². The highest BCUT2D eigenvalue weighted by Gasteiger charge is 2.36. The van der Waals surface area contributed by atoms with Gasteiger partial charge in [-0.2, -0.15) is 0 Å². The van der Waals surface area contributed by atoms with Crippen LogP contribution in [0.5, 0.6) is 5.75 Å². The number of amides is 1. The highest BCUT2D eigenvalue weighted by molar-refractivity contribution is 5.99. The minimum atomic E-state index is -1.28. The maximum Gasteiger partial charge on any atom is 0.329 e. The maximum atomic E-state index is 12.4. The van der Waals surface area contributed by atoms with Crippen molar-refractivity contribution >= 4 is 11.9 Å². The molecule has 0 unspecified atom stereocenters. The first-order valence-electron chi connectivity index (χ1n) is 6.05. The minimum absolute atomic E-state index is 0.362. The summed E-state index contributed by atoms with van der Waals surface area (Å²) in [5.41, 5.74) is -0.919. The molecule has 1 rings (SSSR count). The molecule has 0 aromatic heterocycles. The van der Waals surface area contributed by atoms with Crippen LogP contribution in [0.25, 0.3) is 0 Å². The van der Waals surface area contributed by atoms with Gasteiger partial charge in [-0.15, -0.1) is 0 Å². The zero-order valence-electron chi connectivity index (χ0n) is 11.6. The van der Waals surface area contributed by atoms with Crippen molar-refractivity contribution in [2.75, 3.05) is 13.7 Å². The monoisotopic (exact) mass is 265 g/mol. The van der Waals surface area contributed by atoms with Crippen LogP contribution in [0.15, 0.2) is 24.3 Å². The van der Waals surface area contributed by atoms with Gasteiger partial charge in [0.25, 0.3) is 5.91 Å². The topological polar surface area (TPSA) is 66.8 Å². The zero-order chi connectivity index (χ0) is 14.6. The Balaban J connectivity index is 3.10. The summed E-state index contributed by atoms with van der Waals surface area (Å²) in [4.78, 5) is 24.8. The molecule has 0 bridgehead atoms. The standard InChI is InChI=1S/C14H19NO4/c1-5-19-11-9-7-6-8-10(11)12(16)15(4)14(2,3)13(17)18/h6-9H,5H2,1-4H3,(H,17,18). The number of carboxylic acids is 1. The fourth-order valence-electron chi connectivity index (χ4n) is 1.50. The number of aliphatic carboxylic acids is 1. The van der Waals surface area contributed by atoms with Gasteiger partial charge in [-0.05, 0) is 32.9 Å². The lowest BCUT2D eigenvalue weighted by molar-refractivity contribution is -0.147. The minimum Gasteiger partial charge on any atom is -0.493 e. The Labute approximate surface area is 112 Å². The number of ether oxygens (including phenoxy) is 1. The van der Waals surface area contributed by atoms with Crippen LogP contribution < -0.4 is 4.74 Å². The van der Waals surface area contributed by atoms with E-state index >= 15 is 0 Å². The van der Waals surface area contributed by atoms with Gasteiger partial charge in [0.05, 0.1) is 12.2 Å². The second kappa shape index (κ2) is 5.73. The van der Waals surface area contributed by atoms with Crippen LogP contribution >= 0.6 is 0 Å². The van der Waals surface area contributed by atoms with E-state index in [1.165, 1.54) is 25.8 Å². The number of nitrogens with zero attached hydrogens (tertiary/aromatic N) is 1. The first-order chi connectivity index (χ1) is 8.82. The number of benzene rings is 1. The van der Waals surface area contributed by atoms with E-state index in [9.17, 15) is 9.59 Å². The van der Waals surface area contributed by atoms with Gasteiger partial charge < -0.3 is 14.7 Å². The number of likely N-dealkylation sites (N-methyl/N-ethyl adjacent to an activating group) is 1. The fraction of sp³-hybridized carbons (Fsp3) is 0.429. The van der Waals surface area contributed by atoms with Gasteiger partial charge in [-0.3, -0.25) is 4.79 Å². The Hall–Kier alpha value is -2.04. The van der Waals surface area contributed by atoms with E-state index in [4.69, 9.17) is 9.84 Å². The van der Waals surface area contributed by atoms with Gasteiger partial charge in [-0.1, -0.05) is 12.1 Å². The lowest BCUT2D eigenvalue weighted by Crippen LogP contribution is -2.50.